The lowest BCUT2D eigenvalue weighted by Gasteiger charge is -1.91. The summed E-state index contributed by atoms with van der Waals surface area (Å²) in [6.07, 6.45) is 1.25. The largest absolute Gasteiger partial charge is 0.481 e. The van der Waals surface area contributed by atoms with Crippen LogP contribution in [0.4, 0.5) is 0 Å². The van der Waals surface area contributed by atoms with Gasteiger partial charge in [-0.15, -0.1) is 0 Å². The lowest BCUT2D eigenvalue weighted by Crippen LogP contribution is -2.01. The Labute approximate surface area is 63.8 Å². The van der Waals surface area contributed by atoms with Gasteiger partial charge in [0.1, 0.15) is 0 Å². The van der Waals surface area contributed by atoms with Gasteiger partial charge in [0.2, 0.25) is 0 Å². The Hall–Kier alpha value is -1.06. The molecule has 1 aliphatic carbocycles. The van der Waals surface area contributed by atoms with Crippen molar-refractivity contribution in [2.24, 2.45) is 11.8 Å². The minimum Gasteiger partial charge on any atom is -0.481 e. The summed E-state index contributed by atoms with van der Waals surface area (Å²) in [6.45, 7) is 0. The first-order chi connectivity index (χ1) is 5.11. The molecule has 1 rings (SSSR count). The van der Waals surface area contributed by atoms with Gasteiger partial charge < -0.3 is 10.2 Å². The van der Waals surface area contributed by atoms with E-state index >= 15 is 0 Å². The molecule has 4 heteroatoms. The van der Waals surface area contributed by atoms with E-state index in [1.165, 1.54) is 0 Å². The normalized spacial score (nSPS) is 28.0. The van der Waals surface area contributed by atoms with Crippen LogP contribution in [-0.4, -0.2) is 22.2 Å². The van der Waals surface area contributed by atoms with Crippen molar-refractivity contribution < 1.29 is 19.8 Å². The molecule has 0 amide bonds. The monoisotopic (exact) mass is 158 g/mol. The Morgan fingerprint density at radius 2 is 2.00 bits per heavy atom. The molecule has 0 saturated heterocycles. The maximum Gasteiger partial charge on any atom is 0.306 e. The first-order valence-electron chi connectivity index (χ1n) is 3.56. The van der Waals surface area contributed by atoms with Crippen LogP contribution in [0, 0.1) is 11.8 Å². The molecular formula is C7H10O4. The SMILES string of the molecule is O=C(O)CCC1CC1C(=O)O. The highest BCUT2D eigenvalue weighted by molar-refractivity contribution is 5.73. The maximum absolute atomic E-state index is 10.3. The zero-order valence-corrected chi connectivity index (χ0v) is 5.99. The van der Waals surface area contributed by atoms with E-state index in [2.05, 4.69) is 0 Å². The number of carboxylic acid groups (broad SMARTS) is 2. The highest BCUT2D eigenvalue weighted by Crippen LogP contribution is 2.41. The Balaban J connectivity index is 2.14. The van der Waals surface area contributed by atoms with Gasteiger partial charge in [-0.25, -0.2) is 0 Å². The molecule has 0 aromatic carbocycles. The highest BCUT2D eigenvalue weighted by atomic mass is 16.4. The van der Waals surface area contributed by atoms with Crippen LogP contribution in [0.25, 0.3) is 0 Å². The molecule has 0 aromatic rings. The van der Waals surface area contributed by atoms with E-state index in [4.69, 9.17) is 10.2 Å². The van der Waals surface area contributed by atoms with Crippen LogP contribution in [0.5, 0.6) is 0 Å². The van der Waals surface area contributed by atoms with Crippen LogP contribution >= 0.6 is 0 Å². The predicted molar refractivity (Wildman–Crippen MR) is 36.1 cm³/mol. The van der Waals surface area contributed by atoms with Crippen molar-refractivity contribution in [2.75, 3.05) is 0 Å². The molecule has 2 atom stereocenters. The van der Waals surface area contributed by atoms with Gasteiger partial charge in [0.15, 0.2) is 0 Å². The topological polar surface area (TPSA) is 74.6 Å². The quantitative estimate of drug-likeness (QED) is 0.627. The number of carbonyl (C=O) groups is 2. The van der Waals surface area contributed by atoms with E-state index in [0.29, 0.717) is 12.8 Å². The molecule has 1 aliphatic rings. The van der Waals surface area contributed by atoms with Gasteiger partial charge >= 0.3 is 11.9 Å². The summed E-state index contributed by atoms with van der Waals surface area (Å²) in [6, 6.07) is 0. The number of hydrogen-bond donors (Lipinski definition) is 2. The molecule has 0 spiro atoms. The molecule has 0 aliphatic heterocycles. The molecule has 2 unspecified atom stereocenters. The van der Waals surface area contributed by atoms with Crippen LogP contribution in [0.15, 0.2) is 0 Å². The third kappa shape index (κ3) is 2.22. The highest BCUT2D eigenvalue weighted by Gasteiger charge is 2.42. The standard InChI is InChI=1S/C7H10O4/c8-6(9)2-1-4-3-5(4)7(10)11/h4-5H,1-3H2,(H,8,9)(H,10,11). The summed E-state index contributed by atoms with van der Waals surface area (Å²) in [7, 11) is 0. The van der Waals surface area contributed by atoms with Gasteiger partial charge in [0, 0.05) is 6.42 Å². The van der Waals surface area contributed by atoms with Crippen LogP contribution < -0.4 is 0 Å². The lowest BCUT2D eigenvalue weighted by molar-refractivity contribution is -0.140. The maximum atomic E-state index is 10.3. The second-order valence-electron chi connectivity index (χ2n) is 2.87. The third-order valence-corrected chi connectivity index (χ3v) is 1.97. The summed E-state index contributed by atoms with van der Waals surface area (Å²) < 4.78 is 0. The van der Waals surface area contributed by atoms with Crippen LogP contribution in [-0.2, 0) is 9.59 Å². The summed E-state index contributed by atoms with van der Waals surface area (Å²) in [5.74, 6) is -1.79. The van der Waals surface area contributed by atoms with E-state index in [9.17, 15) is 9.59 Å². The number of carboxylic acids is 2. The third-order valence-electron chi connectivity index (χ3n) is 1.97. The second-order valence-corrected chi connectivity index (χ2v) is 2.87. The predicted octanol–water partition coefficient (Wildman–Crippen LogP) is 0.572. The smallest absolute Gasteiger partial charge is 0.306 e. The Morgan fingerprint density at radius 3 is 2.36 bits per heavy atom. The van der Waals surface area contributed by atoms with Crippen LogP contribution in [0.1, 0.15) is 19.3 Å². The summed E-state index contributed by atoms with van der Waals surface area (Å²) in [5.41, 5.74) is 0. The number of aliphatic carboxylic acids is 2. The Bertz CT molecular complexity index is 187. The molecular weight excluding hydrogens is 148 g/mol. The van der Waals surface area contributed by atoms with Gasteiger partial charge in [-0.3, -0.25) is 9.59 Å². The zero-order valence-electron chi connectivity index (χ0n) is 5.99. The Kier molecular flexibility index (Phi) is 2.12. The van der Waals surface area contributed by atoms with E-state index in [1.54, 1.807) is 0 Å². The molecule has 11 heavy (non-hydrogen) atoms. The fourth-order valence-electron chi connectivity index (χ4n) is 1.18. The van der Waals surface area contributed by atoms with Crippen molar-refractivity contribution in [1.82, 2.24) is 0 Å². The van der Waals surface area contributed by atoms with Gasteiger partial charge in [0.05, 0.1) is 5.92 Å². The van der Waals surface area contributed by atoms with Crippen molar-refractivity contribution >= 4 is 11.9 Å². The number of rotatable bonds is 4. The summed E-state index contributed by atoms with van der Waals surface area (Å²) in [4.78, 5) is 20.3. The minimum atomic E-state index is -0.846. The zero-order chi connectivity index (χ0) is 8.43. The van der Waals surface area contributed by atoms with E-state index in [0.717, 1.165) is 0 Å². The van der Waals surface area contributed by atoms with Crippen molar-refractivity contribution in [1.29, 1.82) is 0 Å². The molecule has 0 aromatic heterocycles. The summed E-state index contributed by atoms with van der Waals surface area (Å²) >= 11 is 0. The lowest BCUT2D eigenvalue weighted by atomic mass is 10.2. The fraction of sp³-hybridized carbons (Fsp3) is 0.714. The van der Waals surface area contributed by atoms with Gasteiger partial charge in [0.25, 0.3) is 0 Å². The molecule has 62 valence electrons. The second kappa shape index (κ2) is 2.90. The van der Waals surface area contributed by atoms with Gasteiger partial charge in [-0.1, -0.05) is 0 Å². The van der Waals surface area contributed by atoms with Crippen molar-refractivity contribution in [3.05, 3.63) is 0 Å². The fourth-order valence-corrected chi connectivity index (χ4v) is 1.18. The van der Waals surface area contributed by atoms with E-state index in [-0.39, 0.29) is 18.3 Å². The summed E-state index contributed by atoms with van der Waals surface area (Å²) in [5, 5.41) is 16.7. The average Bonchev–Trinajstić information content (AvgIpc) is 2.61. The minimum absolute atomic E-state index is 0.0917. The molecule has 0 bridgehead atoms. The van der Waals surface area contributed by atoms with Crippen molar-refractivity contribution in [3.63, 3.8) is 0 Å². The van der Waals surface area contributed by atoms with E-state index in [1.807, 2.05) is 0 Å². The van der Waals surface area contributed by atoms with Crippen molar-refractivity contribution in [3.8, 4) is 0 Å². The van der Waals surface area contributed by atoms with Gasteiger partial charge in [-0.2, -0.15) is 0 Å². The first kappa shape index (κ1) is 8.04. The molecule has 0 heterocycles. The Morgan fingerprint density at radius 1 is 1.36 bits per heavy atom. The molecule has 4 nitrogen and oxygen atoms in total. The average molecular weight is 158 g/mol. The first-order valence-corrected chi connectivity index (χ1v) is 3.56. The van der Waals surface area contributed by atoms with Gasteiger partial charge in [-0.05, 0) is 18.8 Å². The van der Waals surface area contributed by atoms with E-state index < -0.39 is 11.9 Å². The molecule has 0 radical (unpaired) electrons. The molecule has 1 fully saturated rings. The molecule has 2 N–H and O–H groups in total. The van der Waals surface area contributed by atoms with Crippen LogP contribution in [0.3, 0.4) is 0 Å². The van der Waals surface area contributed by atoms with Crippen LogP contribution in [0.2, 0.25) is 0 Å². The van der Waals surface area contributed by atoms with Crippen molar-refractivity contribution in [2.45, 2.75) is 19.3 Å². The molecule has 1 saturated carbocycles. The number of hydrogen-bond acceptors (Lipinski definition) is 2.